The van der Waals surface area contributed by atoms with Gasteiger partial charge in [0.2, 0.25) is 0 Å². The molecule has 0 saturated heterocycles. The Morgan fingerprint density at radius 2 is 1.46 bits per heavy atom. The maximum absolute atomic E-state index is 10.2. The molecule has 0 heterocycles. The fourth-order valence-electron chi connectivity index (χ4n) is 1.92. The van der Waals surface area contributed by atoms with Crippen LogP contribution in [-0.2, 0) is 24.4 Å². The molecule has 0 aliphatic carbocycles. The smallest absolute Gasteiger partial charge is 0.552 e. The van der Waals surface area contributed by atoms with Crippen molar-refractivity contribution in [1.29, 1.82) is 0 Å². The van der Waals surface area contributed by atoms with Crippen molar-refractivity contribution in [2.75, 3.05) is 6.61 Å². The maximum Gasteiger partial charge on any atom is 1.00 e. The molecule has 10 heteroatoms. The van der Waals surface area contributed by atoms with Crippen molar-refractivity contribution in [3.05, 3.63) is 6.61 Å². The zero-order valence-corrected chi connectivity index (χ0v) is 20.0. The van der Waals surface area contributed by atoms with Crippen LogP contribution in [0.1, 0.15) is 71.6 Å². The van der Waals surface area contributed by atoms with Crippen LogP contribution < -0.4 is 51.4 Å². The Bertz CT molecular complexity index is 443. The maximum atomic E-state index is 10.2. The molecule has 0 aromatic carbocycles. The molecule has 0 amide bonds. The van der Waals surface area contributed by atoms with Crippen LogP contribution in [0.3, 0.4) is 0 Å². The Kier molecular flexibility index (Phi) is 24.2. The minimum absolute atomic E-state index is 0. The summed E-state index contributed by atoms with van der Waals surface area (Å²) in [6.45, 7) is 6.88. The van der Waals surface area contributed by atoms with Crippen LogP contribution in [0.2, 0.25) is 0 Å². The van der Waals surface area contributed by atoms with Gasteiger partial charge in [-0.15, -0.1) is 0 Å². The van der Waals surface area contributed by atoms with E-state index in [4.69, 9.17) is 19.5 Å². The first-order valence-electron chi connectivity index (χ1n) is 8.47. The summed E-state index contributed by atoms with van der Waals surface area (Å²) in [6, 6.07) is 0. The molecule has 0 aliphatic rings. The molecule has 8 nitrogen and oxygen atoms in total. The van der Waals surface area contributed by atoms with Gasteiger partial charge in [-0.25, -0.2) is 6.61 Å². The van der Waals surface area contributed by atoms with E-state index in [1.54, 1.807) is 6.61 Å². The molecule has 1 unspecified atom stereocenters. The summed E-state index contributed by atoms with van der Waals surface area (Å²) >= 11 is 0. The second-order valence-corrected chi connectivity index (χ2v) is 7.12. The first kappa shape index (κ1) is 31.2. The molecule has 0 bridgehead atoms. The molecule has 0 fully saturated rings. The van der Waals surface area contributed by atoms with E-state index in [1.165, 1.54) is 51.4 Å². The van der Waals surface area contributed by atoms with E-state index in [1.807, 2.05) is 6.92 Å². The number of carbonyl (C=O) groups is 2. The van der Waals surface area contributed by atoms with E-state index < -0.39 is 33.7 Å². The van der Waals surface area contributed by atoms with Crippen molar-refractivity contribution in [3.63, 3.8) is 0 Å². The number of rotatable bonds is 14. The summed E-state index contributed by atoms with van der Waals surface area (Å²) < 4.78 is 33.8. The fraction of sp³-hybridized carbons (Fsp3) is 0.812. The van der Waals surface area contributed by atoms with E-state index in [9.17, 15) is 18.0 Å². The normalized spacial score (nSPS) is 11.7. The summed E-state index contributed by atoms with van der Waals surface area (Å²) in [5.74, 6) is -3.50. The molecule has 1 atom stereocenters. The van der Waals surface area contributed by atoms with E-state index in [0.29, 0.717) is 0 Å². The van der Waals surface area contributed by atoms with E-state index in [-0.39, 0.29) is 51.4 Å². The van der Waals surface area contributed by atoms with Crippen LogP contribution in [0.25, 0.3) is 0 Å². The Morgan fingerprint density at radius 3 is 1.77 bits per heavy atom. The number of aliphatic carboxylic acids is 2. The SMILES string of the molecule is C[CH-]OCCCCCCCCCC.O=C(O)CC(C(=O)O)S(=O)(=O)O.[K+]. The van der Waals surface area contributed by atoms with Gasteiger partial charge in [0.05, 0.1) is 6.42 Å². The van der Waals surface area contributed by atoms with Gasteiger partial charge in [-0.05, 0) is 6.42 Å². The number of carboxylic acids is 2. The van der Waals surface area contributed by atoms with Crippen molar-refractivity contribution in [3.8, 4) is 0 Å². The zero-order chi connectivity index (χ0) is 19.7. The number of carboxylic acid groups (broad SMARTS) is 2. The Morgan fingerprint density at radius 1 is 1.00 bits per heavy atom. The zero-order valence-electron chi connectivity index (χ0n) is 16.0. The third kappa shape index (κ3) is 22.5. The molecule has 0 rings (SSSR count). The van der Waals surface area contributed by atoms with Crippen LogP contribution in [0.15, 0.2) is 0 Å². The number of hydrogen-bond donors (Lipinski definition) is 3. The summed E-state index contributed by atoms with van der Waals surface area (Å²) in [5.41, 5.74) is 0. The average molecular weight is 423 g/mol. The molecule has 26 heavy (non-hydrogen) atoms. The van der Waals surface area contributed by atoms with Crippen molar-refractivity contribution in [2.45, 2.75) is 76.9 Å². The monoisotopic (exact) mass is 422 g/mol. The molecule has 3 N–H and O–H groups in total. The van der Waals surface area contributed by atoms with Crippen molar-refractivity contribution in [2.24, 2.45) is 0 Å². The van der Waals surface area contributed by atoms with Gasteiger partial charge in [0.15, 0.2) is 5.25 Å². The van der Waals surface area contributed by atoms with Gasteiger partial charge in [-0.1, -0.05) is 51.9 Å². The molecule has 150 valence electrons. The summed E-state index contributed by atoms with van der Waals surface area (Å²) in [5, 5.41) is 13.9. The number of unbranched alkanes of at least 4 members (excludes halogenated alkanes) is 7. The largest absolute Gasteiger partial charge is 1.00 e. The molecule has 0 spiro atoms. The van der Waals surface area contributed by atoms with Gasteiger partial charge < -0.3 is 14.9 Å². The number of hydrogen-bond acceptors (Lipinski definition) is 5. The second kappa shape index (κ2) is 20.2. The Labute approximate surface area is 199 Å². The summed E-state index contributed by atoms with van der Waals surface area (Å²) in [7, 11) is -4.84. The van der Waals surface area contributed by atoms with Crippen molar-refractivity contribution >= 4 is 22.1 Å². The quantitative estimate of drug-likeness (QED) is 0.155. The van der Waals surface area contributed by atoms with Crippen LogP contribution in [0.4, 0.5) is 0 Å². The average Bonchev–Trinajstić information content (AvgIpc) is 2.50. The van der Waals surface area contributed by atoms with Gasteiger partial charge >= 0.3 is 63.3 Å². The molecular formula is C16H31KO8S. The third-order valence-corrected chi connectivity index (χ3v) is 4.36. The molecule has 0 radical (unpaired) electrons. The predicted molar refractivity (Wildman–Crippen MR) is 93.8 cm³/mol. The first-order chi connectivity index (χ1) is 11.7. The standard InChI is InChI=1S/C12H25O.C4H6O7S.K/c1-3-5-6-7-8-9-10-11-12-13-4-2;5-3(6)1-2(4(7)8)12(9,10)11;/h4H,3,5-12H2,1-2H3;2H,1H2,(H,5,6)(H,7,8)(H,9,10,11);/q-1;;+1. The Hall–Kier alpha value is 0.446. The van der Waals surface area contributed by atoms with Crippen LogP contribution >= 0.6 is 0 Å². The molecule has 0 saturated carbocycles. The molecule has 0 aromatic heterocycles. The van der Waals surface area contributed by atoms with Crippen LogP contribution in [0.5, 0.6) is 0 Å². The van der Waals surface area contributed by atoms with Gasteiger partial charge in [0.25, 0.3) is 10.1 Å². The van der Waals surface area contributed by atoms with E-state index in [2.05, 4.69) is 6.92 Å². The molecule has 0 aliphatic heterocycles. The fourth-order valence-corrected chi connectivity index (χ4v) is 2.52. The van der Waals surface area contributed by atoms with Crippen molar-refractivity contribution < 1.29 is 88.9 Å². The summed E-state index contributed by atoms with van der Waals surface area (Å²) in [4.78, 5) is 20.0. The van der Waals surface area contributed by atoms with Gasteiger partial charge in [0, 0.05) is 6.61 Å². The van der Waals surface area contributed by atoms with Crippen LogP contribution in [0, 0.1) is 6.61 Å². The molecule has 0 aromatic rings. The van der Waals surface area contributed by atoms with E-state index in [0.717, 1.165) is 6.61 Å². The second-order valence-electron chi connectivity index (χ2n) is 5.52. The minimum atomic E-state index is -4.84. The van der Waals surface area contributed by atoms with Gasteiger partial charge in [0.1, 0.15) is 0 Å². The van der Waals surface area contributed by atoms with Crippen molar-refractivity contribution in [1.82, 2.24) is 0 Å². The topological polar surface area (TPSA) is 138 Å². The third-order valence-electron chi connectivity index (χ3n) is 3.28. The van der Waals surface area contributed by atoms with Gasteiger partial charge in [-0.2, -0.15) is 15.3 Å². The molecular weight excluding hydrogens is 391 g/mol. The first-order valence-corrected chi connectivity index (χ1v) is 9.97. The van der Waals surface area contributed by atoms with Crippen LogP contribution in [-0.4, -0.2) is 47.0 Å². The minimum Gasteiger partial charge on any atom is -0.552 e. The predicted octanol–water partition coefficient (Wildman–Crippen LogP) is 0.131. The Balaban J connectivity index is -0.000000393. The number of ether oxygens (including phenoxy) is 1. The van der Waals surface area contributed by atoms with Gasteiger partial charge in [-0.3, -0.25) is 14.1 Å². The summed E-state index contributed by atoms with van der Waals surface area (Å²) in [6.07, 6.45) is 9.80. The van der Waals surface area contributed by atoms with E-state index >= 15 is 0 Å².